The van der Waals surface area contributed by atoms with Crippen molar-refractivity contribution in [2.24, 2.45) is 0 Å². The van der Waals surface area contributed by atoms with E-state index in [0.717, 1.165) is 33.2 Å². The minimum atomic E-state index is -0.367. The van der Waals surface area contributed by atoms with Crippen molar-refractivity contribution >= 4 is 23.5 Å². The number of nitro benzene ring substituents is 1. The maximum atomic E-state index is 10.9. The summed E-state index contributed by atoms with van der Waals surface area (Å²) in [7, 11) is 13.6. The summed E-state index contributed by atoms with van der Waals surface area (Å²) in [5.41, 5.74) is 3.51. The molecule has 2 aromatic rings. The van der Waals surface area contributed by atoms with E-state index in [1.807, 2.05) is 6.08 Å². The van der Waals surface area contributed by atoms with E-state index in [0.29, 0.717) is 0 Å². The van der Waals surface area contributed by atoms with Crippen molar-refractivity contribution < 1.29 is 13.9 Å². The fraction of sp³-hybridized carbons (Fsp3) is 0.562. The van der Waals surface area contributed by atoms with Crippen molar-refractivity contribution in [1.29, 1.82) is 0 Å². The molecule has 0 heterocycles. The lowest BCUT2D eigenvalue weighted by Gasteiger charge is -2.26. The number of quaternary nitrogens is 2. The van der Waals surface area contributed by atoms with Gasteiger partial charge in [0, 0.05) is 30.9 Å². The van der Waals surface area contributed by atoms with Gasteiger partial charge in [0.2, 0.25) is 0 Å². The standard InChI is InChI=1S/C32H52N4O2/c1-35(2,3)27-13-9-7-11-25-33(26-12-8-10-14-28-36(4,5)6)31-21-17-29(18-22-31)15-16-30-19-23-32(24-20-30)34(37)38/h15-24H,7-14,25-28H2,1-6H3/q+2/b16-15+. The van der Waals surface area contributed by atoms with Gasteiger partial charge in [0.05, 0.1) is 60.3 Å². The monoisotopic (exact) mass is 524 g/mol. The van der Waals surface area contributed by atoms with Gasteiger partial charge in [0.1, 0.15) is 0 Å². The highest BCUT2D eigenvalue weighted by molar-refractivity contribution is 5.71. The van der Waals surface area contributed by atoms with E-state index in [1.165, 1.54) is 70.1 Å². The van der Waals surface area contributed by atoms with Gasteiger partial charge in [-0.2, -0.15) is 0 Å². The Bertz CT molecular complexity index is 945. The normalized spacial score (nSPS) is 12.3. The number of benzene rings is 2. The maximum Gasteiger partial charge on any atom is 0.269 e. The first-order valence-electron chi connectivity index (χ1n) is 14.3. The van der Waals surface area contributed by atoms with Crippen LogP contribution in [0, 0.1) is 10.1 Å². The van der Waals surface area contributed by atoms with Gasteiger partial charge in [-0.25, -0.2) is 0 Å². The smallest absolute Gasteiger partial charge is 0.269 e. The SMILES string of the molecule is C[N+](C)(C)CCCCCCN(CCCCCC[N+](C)(C)C)c1ccc(/C=C/c2ccc([N+](=O)[O-])cc2)cc1. The molecule has 0 unspecified atom stereocenters. The van der Waals surface area contributed by atoms with E-state index >= 15 is 0 Å². The predicted octanol–water partition coefficient (Wildman–Crippen LogP) is 7.10. The molecular weight excluding hydrogens is 472 g/mol. The van der Waals surface area contributed by atoms with E-state index in [4.69, 9.17) is 0 Å². The summed E-state index contributed by atoms with van der Waals surface area (Å²) < 4.78 is 2.09. The molecule has 38 heavy (non-hydrogen) atoms. The Morgan fingerprint density at radius 1 is 0.632 bits per heavy atom. The van der Waals surface area contributed by atoms with Gasteiger partial charge in [-0.15, -0.1) is 0 Å². The Balaban J connectivity index is 1.92. The molecule has 210 valence electrons. The molecule has 0 N–H and O–H groups in total. The third-order valence-electron chi connectivity index (χ3n) is 6.84. The van der Waals surface area contributed by atoms with Crippen molar-refractivity contribution in [3.05, 3.63) is 69.8 Å². The highest BCUT2D eigenvalue weighted by atomic mass is 16.6. The first-order chi connectivity index (χ1) is 17.9. The zero-order valence-electron chi connectivity index (χ0n) is 24.9. The first kappa shape index (κ1) is 31.5. The minimum absolute atomic E-state index is 0.119. The van der Waals surface area contributed by atoms with Gasteiger partial charge in [-0.1, -0.05) is 37.1 Å². The Morgan fingerprint density at radius 3 is 1.42 bits per heavy atom. The van der Waals surface area contributed by atoms with E-state index in [9.17, 15) is 10.1 Å². The number of nitrogens with zero attached hydrogens (tertiary/aromatic N) is 4. The minimum Gasteiger partial charge on any atom is -0.372 e. The lowest BCUT2D eigenvalue weighted by molar-refractivity contribution is -0.870. The Kier molecular flexibility index (Phi) is 13.0. The molecule has 6 heteroatoms. The molecule has 0 spiro atoms. The van der Waals surface area contributed by atoms with E-state index in [1.54, 1.807) is 24.3 Å². The predicted molar refractivity (Wildman–Crippen MR) is 163 cm³/mol. The Morgan fingerprint density at radius 2 is 1.03 bits per heavy atom. The van der Waals surface area contributed by atoms with Crippen LogP contribution in [0.5, 0.6) is 0 Å². The van der Waals surface area contributed by atoms with Crippen LogP contribution in [-0.2, 0) is 0 Å². The molecule has 0 bridgehead atoms. The molecule has 0 aliphatic rings. The molecule has 0 radical (unpaired) electrons. The van der Waals surface area contributed by atoms with Crippen molar-refractivity contribution in [2.45, 2.75) is 51.4 Å². The number of hydrogen-bond donors (Lipinski definition) is 0. The second-order valence-corrected chi connectivity index (χ2v) is 12.6. The van der Waals surface area contributed by atoms with Crippen LogP contribution in [0.3, 0.4) is 0 Å². The lowest BCUT2D eigenvalue weighted by atomic mass is 10.1. The average molecular weight is 525 g/mol. The van der Waals surface area contributed by atoms with Crippen LogP contribution in [0.25, 0.3) is 12.2 Å². The Labute approximate surface area is 231 Å². The van der Waals surface area contributed by atoms with Crippen molar-refractivity contribution in [2.75, 3.05) is 73.4 Å². The summed E-state index contributed by atoms with van der Waals surface area (Å²) in [6.07, 6.45) is 14.3. The van der Waals surface area contributed by atoms with Gasteiger partial charge in [-0.3, -0.25) is 10.1 Å². The number of nitro groups is 1. The van der Waals surface area contributed by atoms with Crippen LogP contribution in [0.4, 0.5) is 11.4 Å². The molecule has 0 saturated heterocycles. The quantitative estimate of drug-likeness (QED) is 0.0687. The summed E-state index contributed by atoms with van der Waals surface area (Å²) in [5.74, 6) is 0. The second-order valence-electron chi connectivity index (χ2n) is 12.6. The summed E-state index contributed by atoms with van der Waals surface area (Å²) in [6, 6.07) is 15.5. The molecule has 2 rings (SSSR count). The van der Waals surface area contributed by atoms with Crippen LogP contribution in [0.15, 0.2) is 48.5 Å². The highest BCUT2D eigenvalue weighted by Crippen LogP contribution is 2.20. The zero-order valence-corrected chi connectivity index (χ0v) is 24.9. The fourth-order valence-corrected chi connectivity index (χ4v) is 4.55. The average Bonchev–Trinajstić information content (AvgIpc) is 2.85. The summed E-state index contributed by atoms with van der Waals surface area (Å²) in [4.78, 5) is 13.1. The third kappa shape index (κ3) is 13.7. The maximum absolute atomic E-state index is 10.9. The van der Waals surface area contributed by atoms with Crippen molar-refractivity contribution in [3.63, 3.8) is 0 Å². The Hall–Kier alpha value is -2.70. The number of hydrogen-bond acceptors (Lipinski definition) is 3. The molecule has 6 nitrogen and oxygen atoms in total. The number of rotatable bonds is 18. The fourth-order valence-electron chi connectivity index (χ4n) is 4.55. The van der Waals surface area contributed by atoms with Gasteiger partial charge in [0.15, 0.2) is 0 Å². The van der Waals surface area contributed by atoms with E-state index in [-0.39, 0.29) is 10.6 Å². The van der Waals surface area contributed by atoms with Crippen LogP contribution in [-0.4, -0.2) is 82.4 Å². The van der Waals surface area contributed by atoms with Gasteiger partial charge < -0.3 is 13.9 Å². The molecule has 0 aliphatic carbocycles. The number of anilines is 1. The van der Waals surface area contributed by atoms with Gasteiger partial charge in [-0.05, 0) is 73.9 Å². The second kappa shape index (κ2) is 15.6. The van der Waals surface area contributed by atoms with E-state index < -0.39 is 0 Å². The lowest BCUT2D eigenvalue weighted by Crippen LogP contribution is -2.35. The van der Waals surface area contributed by atoms with Crippen molar-refractivity contribution in [1.82, 2.24) is 0 Å². The summed E-state index contributed by atoms with van der Waals surface area (Å²) in [6.45, 7) is 4.71. The molecule has 0 saturated carbocycles. The van der Waals surface area contributed by atoms with Crippen LogP contribution in [0.1, 0.15) is 62.5 Å². The topological polar surface area (TPSA) is 46.4 Å². The summed E-state index contributed by atoms with van der Waals surface area (Å²) in [5, 5.41) is 10.9. The molecule has 0 amide bonds. The molecule has 0 fully saturated rings. The highest BCUT2D eigenvalue weighted by Gasteiger charge is 2.10. The molecule has 0 aromatic heterocycles. The van der Waals surface area contributed by atoms with E-state index in [2.05, 4.69) is 77.5 Å². The third-order valence-corrected chi connectivity index (χ3v) is 6.84. The number of unbranched alkanes of at least 4 members (excludes halogenated alkanes) is 6. The van der Waals surface area contributed by atoms with Crippen LogP contribution < -0.4 is 4.90 Å². The summed E-state index contributed by atoms with van der Waals surface area (Å²) >= 11 is 0. The van der Waals surface area contributed by atoms with Gasteiger partial charge in [0.25, 0.3) is 5.69 Å². The molecule has 0 atom stereocenters. The van der Waals surface area contributed by atoms with Crippen molar-refractivity contribution in [3.8, 4) is 0 Å². The number of non-ortho nitro benzene ring substituents is 1. The molecule has 2 aromatic carbocycles. The van der Waals surface area contributed by atoms with Crippen LogP contribution in [0.2, 0.25) is 0 Å². The van der Waals surface area contributed by atoms with Crippen LogP contribution >= 0.6 is 0 Å². The zero-order chi connectivity index (χ0) is 28.0. The van der Waals surface area contributed by atoms with Gasteiger partial charge >= 0.3 is 0 Å². The first-order valence-corrected chi connectivity index (χ1v) is 14.3. The molecule has 0 aliphatic heterocycles. The largest absolute Gasteiger partial charge is 0.372 e. The molecular formula is C32H52N4O2+2.